The Bertz CT molecular complexity index is 312. The first-order valence-electron chi connectivity index (χ1n) is 5.69. The van der Waals surface area contributed by atoms with Crippen LogP contribution in [0.4, 0.5) is 0 Å². The van der Waals surface area contributed by atoms with Gasteiger partial charge in [-0.25, -0.2) is 0 Å². The molecule has 1 aromatic heterocycles. The van der Waals surface area contributed by atoms with Gasteiger partial charge in [-0.3, -0.25) is 0 Å². The summed E-state index contributed by atoms with van der Waals surface area (Å²) >= 11 is 5.38. The molecule has 0 fully saturated rings. The topological polar surface area (TPSA) is 15.3 Å². The maximum Gasteiger partial charge on any atom is 0.0398 e. The number of hydrogen-bond acceptors (Lipinski definition) is 3. The first-order chi connectivity index (χ1) is 7.56. The number of thiophene rings is 1. The summed E-state index contributed by atoms with van der Waals surface area (Å²) in [5.41, 5.74) is 0. The van der Waals surface area contributed by atoms with Gasteiger partial charge in [0.1, 0.15) is 0 Å². The molecule has 0 spiro atoms. The summed E-state index contributed by atoms with van der Waals surface area (Å²) in [6, 6.07) is 3.14. The molecule has 1 heterocycles. The Morgan fingerprint density at radius 1 is 1.50 bits per heavy atom. The maximum atomic E-state index is 3.60. The van der Waals surface area contributed by atoms with E-state index in [0.717, 1.165) is 6.54 Å². The van der Waals surface area contributed by atoms with Gasteiger partial charge in [-0.2, -0.15) is 0 Å². The average Bonchev–Trinajstić information content (AvgIpc) is 2.64. The summed E-state index contributed by atoms with van der Waals surface area (Å²) < 4.78 is 1.22. The van der Waals surface area contributed by atoms with Crippen molar-refractivity contribution in [1.29, 1.82) is 0 Å². The second kappa shape index (κ2) is 6.74. The molecule has 0 radical (unpaired) electrons. The first-order valence-corrected chi connectivity index (χ1v) is 7.36. The summed E-state index contributed by atoms with van der Waals surface area (Å²) in [7, 11) is 4.28. The van der Waals surface area contributed by atoms with Crippen molar-refractivity contribution >= 4 is 27.3 Å². The molecular formula is C12H21BrN2S. The maximum absolute atomic E-state index is 3.60. The zero-order valence-electron chi connectivity index (χ0n) is 10.5. The average molecular weight is 305 g/mol. The van der Waals surface area contributed by atoms with E-state index in [1.165, 1.54) is 15.8 Å². The molecule has 1 rings (SSSR count). The third kappa shape index (κ3) is 3.84. The van der Waals surface area contributed by atoms with Crippen LogP contribution in [-0.2, 0) is 0 Å². The number of rotatable bonds is 6. The van der Waals surface area contributed by atoms with Gasteiger partial charge < -0.3 is 10.2 Å². The van der Waals surface area contributed by atoms with E-state index >= 15 is 0 Å². The van der Waals surface area contributed by atoms with Gasteiger partial charge in [-0.05, 0) is 54.8 Å². The van der Waals surface area contributed by atoms with Crippen LogP contribution in [0.1, 0.15) is 31.2 Å². The van der Waals surface area contributed by atoms with E-state index in [0.29, 0.717) is 12.1 Å². The number of hydrogen-bond donors (Lipinski definition) is 1. The smallest absolute Gasteiger partial charge is 0.0398 e. The van der Waals surface area contributed by atoms with Gasteiger partial charge >= 0.3 is 0 Å². The summed E-state index contributed by atoms with van der Waals surface area (Å²) in [4.78, 5) is 3.66. The van der Waals surface area contributed by atoms with E-state index in [4.69, 9.17) is 0 Å². The van der Waals surface area contributed by atoms with Gasteiger partial charge in [0.25, 0.3) is 0 Å². The summed E-state index contributed by atoms with van der Waals surface area (Å²) in [6.07, 6.45) is 1.18. The number of nitrogens with zero attached hydrogens (tertiary/aromatic N) is 1. The lowest BCUT2D eigenvalue weighted by Gasteiger charge is -2.25. The van der Waals surface area contributed by atoms with Crippen LogP contribution in [0, 0.1) is 0 Å². The molecule has 0 aliphatic heterocycles. The quantitative estimate of drug-likeness (QED) is 0.865. The van der Waals surface area contributed by atoms with Crippen LogP contribution in [0.25, 0.3) is 0 Å². The second-order valence-electron chi connectivity index (χ2n) is 4.29. The Balaban J connectivity index is 2.46. The predicted octanol–water partition coefficient (Wildman–Crippen LogP) is 3.50. The molecule has 0 aromatic carbocycles. The minimum absolute atomic E-state index is 0.420. The van der Waals surface area contributed by atoms with Crippen molar-refractivity contribution < 1.29 is 0 Å². The van der Waals surface area contributed by atoms with Crippen LogP contribution in [-0.4, -0.2) is 31.6 Å². The normalized spacial score (nSPS) is 15.4. The number of halogens is 1. The van der Waals surface area contributed by atoms with Crippen molar-refractivity contribution in [1.82, 2.24) is 10.2 Å². The molecular weight excluding hydrogens is 284 g/mol. The highest BCUT2D eigenvalue weighted by atomic mass is 79.9. The lowest BCUT2D eigenvalue weighted by molar-refractivity contribution is 0.270. The predicted molar refractivity (Wildman–Crippen MR) is 76.2 cm³/mol. The zero-order chi connectivity index (χ0) is 12.1. The molecule has 16 heavy (non-hydrogen) atoms. The fourth-order valence-corrected chi connectivity index (χ4v) is 3.46. The van der Waals surface area contributed by atoms with Crippen LogP contribution < -0.4 is 5.32 Å². The summed E-state index contributed by atoms with van der Waals surface area (Å²) in [6.45, 7) is 5.49. The Kier molecular flexibility index (Phi) is 5.97. The standard InChI is InChI=1S/C12H21BrN2S/c1-5-10(15(3)4)8-14-9(2)12-11(13)6-7-16-12/h6-7,9-10,14H,5,8H2,1-4H3. The van der Waals surface area contributed by atoms with Crippen molar-refractivity contribution in [2.75, 3.05) is 20.6 Å². The van der Waals surface area contributed by atoms with Crippen molar-refractivity contribution in [3.8, 4) is 0 Å². The SMILES string of the molecule is CCC(CNC(C)c1sccc1Br)N(C)C. The van der Waals surface area contributed by atoms with Crippen molar-refractivity contribution in [3.05, 3.63) is 20.8 Å². The largest absolute Gasteiger partial charge is 0.308 e. The van der Waals surface area contributed by atoms with Crippen LogP contribution in [0.5, 0.6) is 0 Å². The highest BCUT2D eigenvalue weighted by Gasteiger charge is 2.13. The highest BCUT2D eigenvalue weighted by molar-refractivity contribution is 9.10. The molecule has 2 atom stereocenters. The molecule has 0 aliphatic rings. The molecule has 0 saturated heterocycles. The first kappa shape index (κ1) is 14.2. The lowest BCUT2D eigenvalue weighted by Crippen LogP contribution is -2.38. The fraction of sp³-hybridized carbons (Fsp3) is 0.667. The van der Waals surface area contributed by atoms with E-state index in [1.54, 1.807) is 11.3 Å². The van der Waals surface area contributed by atoms with E-state index in [-0.39, 0.29) is 0 Å². The fourth-order valence-electron chi connectivity index (χ4n) is 1.71. The van der Waals surface area contributed by atoms with Gasteiger partial charge in [0.05, 0.1) is 0 Å². The monoisotopic (exact) mass is 304 g/mol. The zero-order valence-corrected chi connectivity index (χ0v) is 12.9. The molecule has 1 aromatic rings. The molecule has 1 N–H and O–H groups in total. The second-order valence-corrected chi connectivity index (χ2v) is 6.09. The summed E-state index contributed by atoms with van der Waals surface area (Å²) in [5, 5.41) is 5.72. The number of nitrogens with one attached hydrogen (secondary N) is 1. The van der Waals surface area contributed by atoms with Crippen molar-refractivity contribution in [2.24, 2.45) is 0 Å². The van der Waals surface area contributed by atoms with E-state index < -0.39 is 0 Å². The van der Waals surface area contributed by atoms with E-state index in [9.17, 15) is 0 Å². The Morgan fingerprint density at radius 2 is 2.19 bits per heavy atom. The van der Waals surface area contributed by atoms with Crippen LogP contribution in [0.3, 0.4) is 0 Å². The third-order valence-electron chi connectivity index (χ3n) is 2.90. The van der Waals surface area contributed by atoms with Crippen LogP contribution in [0.15, 0.2) is 15.9 Å². The van der Waals surface area contributed by atoms with Crippen molar-refractivity contribution in [2.45, 2.75) is 32.4 Å². The number of likely N-dealkylation sites (N-methyl/N-ethyl adjacent to an activating group) is 1. The van der Waals surface area contributed by atoms with Crippen molar-refractivity contribution in [3.63, 3.8) is 0 Å². The van der Waals surface area contributed by atoms with Gasteiger partial charge in [0, 0.05) is 28.0 Å². The molecule has 0 amide bonds. The van der Waals surface area contributed by atoms with Gasteiger partial charge in [-0.1, -0.05) is 6.92 Å². The van der Waals surface area contributed by atoms with Gasteiger partial charge in [-0.15, -0.1) is 11.3 Å². The molecule has 4 heteroatoms. The van der Waals surface area contributed by atoms with E-state index in [2.05, 4.69) is 65.5 Å². The minimum Gasteiger partial charge on any atom is -0.308 e. The van der Waals surface area contributed by atoms with Gasteiger partial charge in [0.2, 0.25) is 0 Å². The lowest BCUT2D eigenvalue weighted by atomic mass is 10.2. The van der Waals surface area contributed by atoms with Crippen LogP contribution in [0.2, 0.25) is 0 Å². The van der Waals surface area contributed by atoms with Gasteiger partial charge in [0.15, 0.2) is 0 Å². The molecule has 0 bridgehead atoms. The molecule has 2 nitrogen and oxygen atoms in total. The molecule has 0 saturated carbocycles. The molecule has 0 aliphatic carbocycles. The minimum atomic E-state index is 0.420. The van der Waals surface area contributed by atoms with E-state index in [1.807, 2.05) is 0 Å². The third-order valence-corrected chi connectivity index (χ3v) is 4.95. The summed E-state index contributed by atoms with van der Waals surface area (Å²) in [5.74, 6) is 0. The highest BCUT2D eigenvalue weighted by Crippen LogP contribution is 2.28. The molecule has 2 unspecified atom stereocenters. The molecule has 92 valence electrons. The van der Waals surface area contributed by atoms with Crippen LogP contribution >= 0.6 is 27.3 Å². The Morgan fingerprint density at radius 3 is 2.62 bits per heavy atom. The Labute approximate surface area is 111 Å². The Hall–Kier alpha value is 0.1000.